The van der Waals surface area contributed by atoms with Crippen molar-refractivity contribution in [3.05, 3.63) is 23.2 Å². The van der Waals surface area contributed by atoms with Crippen LogP contribution in [0.4, 0.5) is 5.69 Å². The van der Waals surface area contributed by atoms with E-state index in [1.165, 1.54) is 10.7 Å². The number of imidazole rings is 1. The first-order valence-electron chi connectivity index (χ1n) is 9.84. The number of nitrogens with zero attached hydrogens (tertiary/aromatic N) is 3. The fourth-order valence-electron chi connectivity index (χ4n) is 3.71. The highest BCUT2D eigenvalue weighted by atomic mass is 35.5. The summed E-state index contributed by atoms with van der Waals surface area (Å²) in [6.07, 6.45) is -3.20. The van der Waals surface area contributed by atoms with Gasteiger partial charge in [-0.2, -0.15) is 5.10 Å². The zero-order chi connectivity index (χ0) is 24.0. The summed E-state index contributed by atoms with van der Waals surface area (Å²) in [5.41, 5.74) is 1.17. The fourth-order valence-corrected chi connectivity index (χ4v) is 6.46. The Hall–Kier alpha value is -1.15. The molecule has 6 N–H and O–H groups in total. The largest absolute Gasteiger partial charge is 0.387 e. The van der Waals surface area contributed by atoms with Crippen LogP contribution >= 0.6 is 26.8 Å². The van der Waals surface area contributed by atoms with E-state index < -0.39 is 52.1 Å². The molecule has 14 nitrogen and oxygen atoms in total. The van der Waals surface area contributed by atoms with E-state index in [1.54, 1.807) is 6.07 Å². The van der Waals surface area contributed by atoms with Crippen LogP contribution in [0.25, 0.3) is 5.52 Å². The number of hydrogen-bond acceptors (Lipinski definition) is 10. The van der Waals surface area contributed by atoms with Gasteiger partial charge in [-0.15, -0.1) is 0 Å². The van der Waals surface area contributed by atoms with Gasteiger partial charge in [-0.25, -0.2) is 9.50 Å². The first kappa shape index (κ1) is 25.0. The second-order valence-corrected chi connectivity index (χ2v) is 12.2. The number of nitrogens with one attached hydrogen (secondary N) is 1. The molecule has 0 spiro atoms. The smallest absolute Gasteiger partial charge is 0.340 e. The number of hydrogen-bond donors (Lipinski definition) is 6. The third-order valence-corrected chi connectivity index (χ3v) is 8.85. The molecule has 0 aromatic carbocycles. The number of halogens is 1. The van der Waals surface area contributed by atoms with E-state index in [1.807, 2.05) is 0 Å². The average molecular weight is 529 g/mol. The summed E-state index contributed by atoms with van der Waals surface area (Å²) in [5, 5.41) is 28.5. The molecule has 4 heterocycles. The summed E-state index contributed by atoms with van der Waals surface area (Å²) in [6, 6.07) is 1.70. The molecule has 0 bridgehead atoms. The van der Waals surface area contributed by atoms with Crippen molar-refractivity contribution < 1.29 is 48.0 Å². The first-order valence-corrected chi connectivity index (χ1v) is 13.8. The van der Waals surface area contributed by atoms with Crippen LogP contribution in [0.15, 0.2) is 12.3 Å². The van der Waals surface area contributed by atoms with Crippen LogP contribution in [-0.2, 0) is 23.1 Å². The Balaban J connectivity index is 1.53. The summed E-state index contributed by atoms with van der Waals surface area (Å²) < 4.78 is 39.9. The normalized spacial score (nSPS) is 30.1. The number of ether oxygens (including phenoxy) is 2. The lowest BCUT2D eigenvalue weighted by molar-refractivity contribution is -0.0217. The third kappa shape index (κ3) is 5.75. The first-order chi connectivity index (χ1) is 15.4. The molecule has 4 rings (SSSR count). The number of anilines is 1. The van der Waals surface area contributed by atoms with E-state index in [-0.39, 0.29) is 17.0 Å². The van der Waals surface area contributed by atoms with Gasteiger partial charge in [0.2, 0.25) is 0 Å². The van der Waals surface area contributed by atoms with E-state index in [9.17, 15) is 24.2 Å². The van der Waals surface area contributed by atoms with Crippen molar-refractivity contribution in [1.29, 1.82) is 0 Å². The molecule has 0 aliphatic carbocycles. The Morgan fingerprint density at radius 1 is 1.27 bits per heavy atom. The van der Waals surface area contributed by atoms with Crippen molar-refractivity contribution in [2.45, 2.75) is 36.9 Å². The molecule has 2 saturated heterocycles. The molecule has 2 aliphatic heterocycles. The Morgan fingerprint density at radius 3 is 2.70 bits per heavy atom. The molecule has 2 aromatic rings. The summed E-state index contributed by atoms with van der Waals surface area (Å²) in [5.74, 6) is -1.26. The zero-order valence-corrected chi connectivity index (χ0v) is 19.5. The van der Waals surface area contributed by atoms with E-state index in [0.717, 1.165) is 6.42 Å². The van der Waals surface area contributed by atoms with Gasteiger partial charge in [0.05, 0.1) is 31.1 Å². The third-order valence-electron chi connectivity index (χ3n) is 5.21. The second kappa shape index (κ2) is 9.48. The van der Waals surface area contributed by atoms with Crippen molar-refractivity contribution in [1.82, 2.24) is 14.6 Å². The molecule has 2 aromatic heterocycles. The molecule has 184 valence electrons. The average Bonchev–Trinajstić information content (AvgIpc) is 3.40. The molecule has 6 atom stereocenters. The van der Waals surface area contributed by atoms with Gasteiger partial charge in [-0.1, -0.05) is 11.6 Å². The van der Waals surface area contributed by atoms with Gasteiger partial charge in [0.1, 0.15) is 29.9 Å². The SMILES string of the molecule is O=P(O)(O)CP(=O)(O)OC[C@H]1O[C@@H](c2ncc3c(NC4CCOC4)cc(Cl)nn23)[C@H](O)[C@@H]1O. The Kier molecular flexibility index (Phi) is 7.17. The molecule has 0 saturated carbocycles. The van der Waals surface area contributed by atoms with E-state index >= 15 is 0 Å². The summed E-state index contributed by atoms with van der Waals surface area (Å²) in [6.45, 7) is 0.465. The van der Waals surface area contributed by atoms with Gasteiger partial charge in [-0.05, 0) is 6.42 Å². The van der Waals surface area contributed by atoms with Gasteiger partial charge >= 0.3 is 15.2 Å². The number of aromatic nitrogens is 3. The molecule has 17 heteroatoms. The molecule has 2 fully saturated rings. The van der Waals surface area contributed by atoms with Crippen LogP contribution in [0, 0.1) is 0 Å². The van der Waals surface area contributed by atoms with Crippen molar-refractivity contribution in [3.63, 3.8) is 0 Å². The quantitative estimate of drug-likeness (QED) is 0.251. The highest BCUT2D eigenvalue weighted by molar-refractivity contribution is 7.70. The van der Waals surface area contributed by atoms with Crippen LogP contribution in [0.5, 0.6) is 0 Å². The van der Waals surface area contributed by atoms with E-state index in [0.29, 0.717) is 24.4 Å². The fraction of sp³-hybridized carbons (Fsp3) is 0.625. The molecule has 2 aliphatic rings. The van der Waals surface area contributed by atoms with E-state index in [2.05, 4.69) is 15.4 Å². The lowest BCUT2D eigenvalue weighted by atomic mass is 10.1. The predicted molar refractivity (Wildman–Crippen MR) is 113 cm³/mol. The number of aliphatic hydroxyl groups is 2. The minimum atomic E-state index is -4.81. The van der Waals surface area contributed by atoms with Gasteiger partial charge < -0.3 is 44.2 Å². The number of aliphatic hydroxyl groups excluding tert-OH is 2. The zero-order valence-electron chi connectivity index (χ0n) is 17.0. The lowest BCUT2D eigenvalue weighted by Crippen LogP contribution is -2.33. The molecular weight excluding hydrogens is 506 g/mol. The van der Waals surface area contributed by atoms with Crippen molar-refractivity contribution >= 4 is 38.0 Å². The van der Waals surface area contributed by atoms with Gasteiger partial charge in [0.15, 0.2) is 16.9 Å². The molecule has 0 amide bonds. The Morgan fingerprint density at radius 2 is 2.03 bits per heavy atom. The highest BCUT2D eigenvalue weighted by Gasteiger charge is 2.46. The predicted octanol–water partition coefficient (Wildman–Crippen LogP) is 0.0824. The van der Waals surface area contributed by atoms with Gasteiger partial charge in [0.25, 0.3) is 0 Å². The lowest BCUT2D eigenvalue weighted by Gasteiger charge is -2.18. The summed E-state index contributed by atoms with van der Waals surface area (Å²) in [4.78, 5) is 31.6. The Bertz CT molecular complexity index is 1110. The maximum Gasteiger partial charge on any atom is 0.340 e. The van der Waals surface area contributed by atoms with Crippen molar-refractivity contribution in [2.75, 3.05) is 31.0 Å². The maximum absolute atomic E-state index is 11.9. The summed E-state index contributed by atoms with van der Waals surface area (Å²) in [7, 11) is -9.48. The maximum atomic E-state index is 11.9. The van der Waals surface area contributed by atoms with Gasteiger partial charge in [0, 0.05) is 12.7 Å². The number of rotatable bonds is 8. The molecule has 2 unspecified atom stereocenters. The van der Waals surface area contributed by atoms with Crippen LogP contribution < -0.4 is 5.32 Å². The van der Waals surface area contributed by atoms with Crippen LogP contribution in [0.1, 0.15) is 18.3 Å². The summed E-state index contributed by atoms with van der Waals surface area (Å²) >= 11 is 6.17. The molecular formula is C16H23ClN4O10P2. The minimum Gasteiger partial charge on any atom is -0.387 e. The second-order valence-electron chi connectivity index (χ2n) is 7.81. The van der Waals surface area contributed by atoms with Crippen molar-refractivity contribution in [3.8, 4) is 0 Å². The van der Waals surface area contributed by atoms with Crippen LogP contribution in [-0.4, -0.2) is 89.6 Å². The van der Waals surface area contributed by atoms with Gasteiger partial charge in [-0.3, -0.25) is 9.13 Å². The van der Waals surface area contributed by atoms with Crippen LogP contribution in [0.2, 0.25) is 5.15 Å². The van der Waals surface area contributed by atoms with Crippen LogP contribution in [0.3, 0.4) is 0 Å². The van der Waals surface area contributed by atoms with E-state index in [4.69, 9.17) is 35.4 Å². The standard InChI is InChI=1S/C16H23ClN4O10P2/c17-12-3-9(19-8-1-2-29-5-8)10-4-18-16(21(10)20-12)15-14(23)13(22)11(31-15)6-30-33(27,28)7-32(24,25)26/h3-4,8,11,13-15,19,22-23H,1-2,5-7H2,(H,27,28)(H2,24,25,26)/t8?,11-,13-,14-,15-/m1/s1. The number of fused-ring (bicyclic) bond motifs is 1. The molecule has 0 radical (unpaired) electrons. The molecule has 33 heavy (non-hydrogen) atoms. The topological polar surface area (TPSA) is 205 Å². The van der Waals surface area contributed by atoms with Crippen molar-refractivity contribution in [2.24, 2.45) is 0 Å². The minimum absolute atomic E-state index is 0.0737. The monoisotopic (exact) mass is 528 g/mol. The Labute approximate surface area is 192 Å². The highest BCUT2D eigenvalue weighted by Crippen LogP contribution is 2.55.